The highest BCUT2D eigenvalue weighted by Crippen LogP contribution is 2.37. The summed E-state index contributed by atoms with van der Waals surface area (Å²) in [6.45, 7) is 8.18. The Bertz CT molecular complexity index is 1310. The van der Waals surface area contributed by atoms with Gasteiger partial charge in [0.1, 0.15) is 23.6 Å². The molecule has 5 nitrogen and oxygen atoms in total. The maximum atomic E-state index is 6.12. The molecule has 0 aliphatic carbocycles. The van der Waals surface area contributed by atoms with E-state index in [1.165, 1.54) is 16.8 Å². The van der Waals surface area contributed by atoms with Gasteiger partial charge in [-0.05, 0) is 43.5 Å². The van der Waals surface area contributed by atoms with Gasteiger partial charge in [-0.25, -0.2) is 4.98 Å². The maximum Gasteiger partial charge on any atom is 0.295 e. The lowest BCUT2D eigenvalue weighted by Gasteiger charge is -2.09. The number of aromatic nitrogens is 3. The van der Waals surface area contributed by atoms with Crippen molar-refractivity contribution in [1.29, 1.82) is 0 Å². The summed E-state index contributed by atoms with van der Waals surface area (Å²) in [4.78, 5) is 7.77. The third-order valence-corrected chi connectivity index (χ3v) is 5.11. The first kappa shape index (κ1) is 18.7. The average Bonchev–Trinajstić information content (AvgIpc) is 3.29. The predicted molar refractivity (Wildman–Crippen MR) is 104 cm³/mol. The van der Waals surface area contributed by atoms with Crippen LogP contribution in [0.25, 0.3) is 39.3 Å². The zero-order valence-electron chi connectivity index (χ0n) is 16.1. The molecule has 0 aliphatic rings. The molecule has 0 aliphatic heterocycles. The van der Waals surface area contributed by atoms with Gasteiger partial charge in [0.2, 0.25) is 5.58 Å². The van der Waals surface area contributed by atoms with E-state index in [2.05, 4.69) is 65.8 Å². The molecule has 0 atom stereocenters. The van der Waals surface area contributed by atoms with Crippen molar-refractivity contribution in [2.24, 2.45) is 0 Å². The number of furan rings is 1. The molecule has 6 heteroatoms. The number of rotatable bonds is 2. The molecular formula is C22H20IN3O2. The molecule has 142 valence electrons. The van der Waals surface area contributed by atoms with Gasteiger partial charge in [-0.3, -0.25) is 0 Å². The molecule has 1 N–H and O–H groups in total. The van der Waals surface area contributed by atoms with Crippen LogP contribution >= 0.6 is 0 Å². The first-order valence-corrected chi connectivity index (χ1v) is 9.00. The van der Waals surface area contributed by atoms with E-state index in [0.29, 0.717) is 17.2 Å². The number of para-hydroxylation sites is 1. The minimum atomic E-state index is 0. The number of nitrogens with one attached hydrogen (secondary N) is 1. The molecule has 0 amide bonds. The number of aryl methyl sites for hydroxylation is 4. The second-order valence-corrected chi connectivity index (χ2v) is 7.02. The number of halogens is 1. The number of hydrogen-bond donors (Lipinski definition) is 0. The number of aromatic amines is 1. The van der Waals surface area contributed by atoms with Gasteiger partial charge < -0.3 is 32.8 Å². The Hall–Kier alpha value is -2.61. The Kier molecular flexibility index (Phi) is 4.53. The average molecular weight is 485 g/mol. The summed E-state index contributed by atoms with van der Waals surface area (Å²) in [6, 6.07) is 10.5. The Balaban J connectivity index is 0.00000192. The Morgan fingerprint density at radius 3 is 2.39 bits per heavy atom. The largest absolute Gasteiger partial charge is 1.00 e. The molecule has 0 bridgehead atoms. The van der Waals surface area contributed by atoms with Crippen LogP contribution in [0.2, 0.25) is 0 Å². The fraction of sp³-hybridized carbons (Fsp3) is 0.182. The van der Waals surface area contributed by atoms with Crippen molar-refractivity contribution in [2.75, 3.05) is 0 Å². The van der Waals surface area contributed by atoms with Crippen LogP contribution in [-0.2, 0) is 0 Å². The summed E-state index contributed by atoms with van der Waals surface area (Å²) in [7, 11) is 0. The first-order valence-electron chi connectivity index (χ1n) is 9.00. The highest BCUT2D eigenvalue weighted by atomic mass is 127. The summed E-state index contributed by atoms with van der Waals surface area (Å²) in [5, 5.41) is 0.939. The minimum absolute atomic E-state index is 0. The summed E-state index contributed by atoms with van der Waals surface area (Å²) in [5.74, 6) is 1.59. The second kappa shape index (κ2) is 6.77. The third-order valence-electron chi connectivity index (χ3n) is 5.11. The zero-order chi connectivity index (χ0) is 18.7. The predicted octanol–water partition coefficient (Wildman–Crippen LogP) is 2.08. The smallest absolute Gasteiger partial charge is 0.295 e. The quantitative estimate of drug-likeness (QED) is 0.360. The van der Waals surface area contributed by atoms with Gasteiger partial charge in [-0.15, -0.1) is 0 Å². The fourth-order valence-electron chi connectivity index (χ4n) is 3.90. The number of hydrogen-bond acceptors (Lipinski definition) is 3. The lowest BCUT2D eigenvalue weighted by atomic mass is 10.0. The highest BCUT2D eigenvalue weighted by Gasteiger charge is 2.26. The topological polar surface area (TPSA) is 58.2 Å². The van der Waals surface area contributed by atoms with Crippen molar-refractivity contribution in [3.8, 4) is 17.1 Å². The lowest BCUT2D eigenvalue weighted by molar-refractivity contribution is -0.363. The zero-order valence-corrected chi connectivity index (χ0v) is 18.3. The van der Waals surface area contributed by atoms with E-state index in [1.807, 2.05) is 19.2 Å². The van der Waals surface area contributed by atoms with E-state index in [-0.39, 0.29) is 24.0 Å². The summed E-state index contributed by atoms with van der Waals surface area (Å²) < 4.78 is 14.1. The van der Waals surface area contributed by atoms with Crippen molar-refractivity contribution in [3.05, 3.63) is 65.3 Å². The van der Waals surface area contributed by atoms with Gasteiger partial charge in [-0.2, -0.15) is 9.55 Å². The van der Waals surface area contributed by atoms with Crippen molar-refractivity contribution >= 4 is 22.3 Å². The van der Waals surface area contributed by atoms with Crippen LogP contribution in [0.4, 0.5) is 0 Å². The number of H-pyrrole nitrogens is 1. The van der Waals surface area contributed by atoms with E-state index in [1.54, 1.807) is 0 Å². The molecule has 0 spiro atoms. The third kappa shape index (κ3) is 2.66. The first-order chi connectivity index (χ1) is 13.0. The summed E-state index contributed by atoms with van der Waals surface area (Å²) >= 11 is 0. The molecule has 0 unspecified atom stereocenters. The monoisotopic (exact) mass is 485 g/mol. The molecule has 0 radical (unpaired) electrons. The number of oxazole rings is 1. The summed E-state index contributed by atoms with van der Waals surface area (Å²) in [6.07, 6.45) is 4.01. The van der Waals surface area contributed by atoms with Gasteiger partial charge in [-0.1, -0.05) is 24.3 Å². The van der Waals surface area contributed by atoms with E-state index < -0.39 is 0 Å². The molecule has 0 saturated heterocycles. The summed E-state index contributed by atoms with van der Waals surface area (Å²) in [5.41, 5.74) is 7.79. The van der Waals surface area contributed by atoms with Crippen molar-refractivity contribution in [3.63, 3.8) is 0 Å². The molecular weight excluding hydrogens is 465 g/mol. The van der Waals surface area contributed by atoms with Gasteiger partial charge in [0, 0.05) is 6.92 Å². The van der Waals surface area contributed by atoms with Crippen LogP contribution in [0.1, 0.15) is 22.6 Å². The Morgan fingerprint density at radius 2 is 1.64 bits per heavy atom. The molecule has 0 fully saturated rings. The molecule has 5 rings (SSSR count). The number of nitrogens with zero attached hydrogens (tertiary/aromatic N) is 2. The van der Waals surface area contributed by atoms with Gasteiger partial charge in [0.05, 0.1) is 5.39 Å². The molecule has 3 heterocycles. The molecule has 5 aromatic rings. The van der Waals surface area contributed by atoms with E-state index in [9.17, 15) is 0 Å². The van der Waals surface area contributed by atoms with Gasteiger partial charge >= 0.3 is 0 Å². The Labute approximate surface area is 179 Å². The SMILES string of the molecule is Cc1nc2oc3c(-c4[nH+]ccn4-c4c(C)cccc4C)c(C)ccc3c2o1.[I-]. The van der Waals surface area contributed by atoms with Crippen molar-refractivity contribution in [1.82, 2.24) is 9.55 Å². The normalized spacial score (nSPS) is 11.3. The van der Waals surface area contributed by atoms with Crippen molar-refractivity contribution < 1.29 is 37.8 Å². The van der Waals surface area contributed by atoms with Crippen LogP contribution < -0.4 is 29.0 Å². The highest BCUT2D eigenvalue weighted by molar-refractivity contribution is 6.06. The van der Waals surface area contributed by atoms with Gasteiger partial charge in [0.15, 0.2) is 11.5 Å². The lowest BCUT2D eigenvalue weighted by Crippen LogP contribution is -3.00. The number of imidazole rings is 1. The van der Waals surface area contributed by atoms with Crippen LogP contribution in [0, 0.1) is 27.7 Å². The second-order valence-electron chi connectivity index (χ2n) is 7.02. The van der Waals surface area contributed by atoms with Crippen LogP contribution in [-0.4, -0.2) is 9.55 Å². The van der Waals surface area contributed by atoms with E-state index in [4.69, 9.17) is 8.83 Å². The molecule has 28 heavy (non-hydrogen) atoms. The van der Waals surface area contributed by atoms with Gasteiger partial charge in [0.25, 0.3) is 11.5 Å². The molecule has 0 saturated carbocycles. The van der Waals surface area contributed by atoms with E-state index in [0.717, 1.165) is 27.9 Å². The van der Waals surface area contributed by atoms with Crippen LogP contribution in [0.15, 0.2) is 51.6 Å². The number of fused-ring (bicyclic) bond motifs is 3. The molecule has 3 aromatic heterocycles. The van der Waals surface area contributed by atoms with Crippen LogP contribution in [0.3, 0.4) is 0 Å². The Morgan fingerprint density at radius 1 is 0.893 bits per heavy atom. The van der Waals surface area contributed by atoms with Crippen molar-refractivity contribution in [2.45, 2.75) is 27.7 Å². The standard InChI is InChI=1S/C22H19N3O2.HI/c1-12-8-9-16-19(27-22-20(16)26-15(4)24-22)17(12)21-23-10-11-25(21)18-13(2)6-5-7-14(18)3;/h5-11H,1-4H3;1H. The van der Waals surface area contributed by atoms with E-state index >= 15 is 0 Å². The molecule has 2 aromatic carbocycles. The van der Waals surface area contributed by atoms with Crippen LogP contribution in [0.5, 0.6) is 0 Å². The fourth-order valence-corrected chi connectivity index (χ4v) is 3.90. The number of benzene rings is 2. The maximum absolute atomic E-state index is 6.12. The minimum Gasteiger partial charge on any atom is -1.00 e.